The molecule has 24 rings (SSSR count). The molecule has 20 aromatic rings. The Morgan fingerprint density at radius 2 is 0.414 bits per heavy atom. The van der Waals surface area contributed by atoms with E-state index >= 15 is 0 Å². The standard InChI is InChI=1S/2C59H43N3Si2/c1-63(2)53-38-43(40-20-8-3-9-21-40)34-36-48(53)50-31-19-33-52(55(50)63)59-61-57(42-24-12-5-13-25-42)60-58(62-59)44-35-37-49-51-32-18-30-47(41-22-10-4-11-23-41)56(51)64(54(49)39-44,45-26-14-6-15-27-45)46-28-16-7-17-29-46;1-63(2)53-34-30-43(40-18-8-3-9-19-40)36-51(53)49-32-28-45(38-55(49)63)58-60-57(42-22-12-5-13-23-42)61-59(62-58)46-29-33-50-52-37-44(41-20-10-4-11-21-41)31-35-54(52)64(56(50)39-46,47-24-14-6-15-25-47)48-26-16-7-17-27-48/h2*3-39H,1-2H3. The zero-order valence-corrected chi connectivity index (χ0v) is 75.4. The quantitative estimate of drug-likeness (QED) is 0.101. The van der Waals surface area contributed by atoms with E-state index < -0.39 is 32.3 Å². The SMILES string of the molecule is C[Si]1(C)c2cc(-c3ccccc3)ccc2-c2cccc(-c3nc(-c4ccccc4)nc(-c4ccc5c(c4)[Si](c4ccccc4)(c4ccccc4)c4c(-c6ccccc6)cccc4-5)n3)c21.C[Si]1(C)c2ccc(-c3ccccc3)cc2-c2ccc(-c3nc(-c4ccccc4)nc(-c4ccc5c(c4)[Si](c4ccccc4)(c4ccccc4)c4ccc(-c6ccccc6)cc4-5)n3)cc21. The fourth-order valence-electron chi connectivity index (χ4n) is 21.3. The van der Waals surface area contributed by atoms with Crippen LogP contribution in [0.15, 0.2) is 449 Å². The van der Waals surface area contributed by atoms with E-state index in [1.54, 1.807) is 0 Å². The van der Waals surface area contributed by atoms with E-state index in [2.05, 4.69) is 463 Å². The van der Waals surface area contributed by atoms with Crippen molar-refractivity contribution in [3.05, 3.63) is 449 Å². The number of hydrogen-bond acceptors (Lipinski definition) is 6. The van der Waals surface area contributed by atoms with Crippen molar-refractivity contribution in [1.82, 2.24) is 29.9 Å². The molecule has 6 heterocycles. The van der Waals surface area contributed by atoms with Gasteiger partial charge >= 0.3 is 0 Å². The van der Waals surface area contributed by atoms with Crippen molar-refractivity contribution in [2.24, 2.45) is 0 Å². The average Bonchev–Trinajstić information content (AvgIpc) is 1.53. The van der Waals surface area contributed by atoms with Crippen LogP contribution in [0.4, 0.5) is 0 Å². The van der Waals surface area contributed by atoms with Crippen molar-refractivity contribution in [2.75, 3.05) is 0 Å². The Kier molecular flexibility index (Phi) is 19.1. The Labute approximate surface area is 751 Å². The van der Waals surface area contributed by atoms with Crippen molar-refractivity contribution in [2.45, 2.75) is 26.2 Å². The van der Waals surface area contributed by atoms with Crippen molar-refractivity contribution in [3.8, 4) is 157 Å². The molecule has 0 bridgehead atoms. The van der Waals surface area contributed by atoms with Gasteiger partial charge in [-0.25, -0.2) is 29.9 Å². The number of fused-ring (bicyclic) bond motifs is 12. The van der Waals surface area contributed by atoms with Crippen LogP contribution in [0, 0.1) is 0 Å². The van der Waals surface area contributed by atoms with Gasteiger partial charge in [0.2, 0.25) is 0 Å². The van der Waals surface area contributed by atoms with Gasteiger partial charge in [0.1, 0.15) is 16.1 Å². The van der Waals surface area contributed by atoms with Gasteiger partial charge in [0.15, 0.2) is 51.1 Å². The fraction of sp³-hybridized carbons (Fsp3) is 0.0339. The number of aromatic nitrogens is 6. The molecule has 0 aliphatic carbocycles. The molecule has 6 nitrogen and oxygen atoms in total. The Bertz CT molecular complexity index is 7620. The van der Waals surface area contributed by atoms with Crippen LogP contribution in [0.2, 0.25) is 26.2 Å². The lowest BCUT2D eigenvalue weighted by molar-refractivity contribution is 1.07. The maximum absolute atomic E-state index is 5.52. The third kappa shape index (κ3) is 12.8. The van der Waals surface area contributed by atoms with Crippen LogP contribution in [0.5, 0.6) is 0 Å². The first-order valence-electron chi connectivity index (χ1n) is 44.2. The summed E-state index contributed by atoms with van der Waals surface area (Å²) in [6.07, 6.45) is 0. The van der Waals surface area contributed by atoms with Crippen molar-refractivity contribution in [3.63, 3.8) is 0 Å². The van der Waals surface area contributed by atoms with Crippen LogP contribution in [-0.2, 0) is 0 Å². The summed E-state index contributed by atoms with van der Waals surface area (Å²) in [6, 6.07) is 164. The molecule has 0 amide bonds. The van der Waals surface area contributed by atoms with Crippen molar-refractivity contribution < 1.29 is 0 Å². The molecule has 128 heavy (non-hydrogen) atoms. The summed E-state index contributed by atoms with van der Waals surface area (Å²) in [7, 11) is -10.0. The maximum Gasteiger partial charge on any atom is 0.181 e. The van der Waals surface area contributed by atoms with E-state index in [1.807, 2.05) is 12.1 Å². The second kappa shape index (κ2) is 31.5. The molecule has 2 aromatic heterocycles. The molecule has 0 fully saturated rings. The zero-order valence-electron chi connectivity index (χ0n) is 71.4. The first-order valence-corrected chi connectivity index (χ1v) is 54.2. The minimum absolute atomic E-state index is 0.666. The lowest BCUT2D eigenvalue weighted by Gasteiger charge is -2.33. The topological polar surface area (TPSA) is 77.3 Å². The molecule has 0 unspecified atom stereocenters. The smallest absolute Gasteiger partial charge is 0.181 e. The first-order chi connectivity index (χ1) is 63.0. The van der Waals surface area contributed by atoms with Gasteiger partial charge in [0.25, 0.3) is 0 Å². The van der Waals surface area contributed by atoms with Crippen LogP contribution in [0.25, 0.3) is 157 Å². The van der Waals surface area contributed by atoms with Crippen LogP contribution >= 0.6 is 0 Å². The largest absolute Gasteiger partial charge is 0.208 e. The van der Waals surface area contributed by atoms with Gasteiger partial charge in [-0.3, -0.25) is 0 Å². The summed E-state index contributed by atoms with van der Waals surface area (Å²) in [6.45, 7) is 9.91. The van der Waals surface area contributed by atoms with Crippen molar-refractivity contribution >= 4 is 94.5 Å². The van der Waals surface area contributed by atoms with Gasteiger partial charge in [-0.1, -0.05) is 463 Å². The number of nitrogens with zero attached hydrogens (tertiary/aromatic N) is 6. The Morgan fingerprint density at radius 1 is 0.141 bits per heavy atom. The molecule has 0 saturated carbocycles. The highest BCUT2D eigenvalue weighted by Gasteiger charge is 2.52. The highest BCUT2D eigenvalue weighted by atomic mass is 28.3. The number of benzene rings is 18. The molecular formula is C118H86N6Si4. The molecule has 0 atom stereocenters. The predicted octanol–water partition coefficient (Wildman–Crippen LogP) is 20.7. The Balaban J connectivity index is 0.000000146. The van der Waals surface area contributed by atoms with E-state index in [-0.39, 0.29) is 0 Å². The maximum atomic E-state index is 5.52. The zero-order chi connectivity index (χ0) is 85.7. The summed E-state index contributed by atoms with van der Waals surface area (Å²) in [5, 5.41) is 16.7. The lowest BCUT2D eigenvalue weighted by Crippen LogP contribution is -2.73. The summed E-state index contributed by atoms with van der Waals surface area (Å²) in [5.74, 6) is 4.08. The minimum Gasteiger partial charge on any atom is -0.208 e. The number of rotatable bonds is 14. The summed E-state index contributed by atoms with van der Waals surface area (Å²) in [4.78, 5) is 32.2. The molecule has 10 heteroatoms. The monoisotopic (exact) mass is 1700 g/mol. The van der Waals surface area contributed by atoms with Gasteiger partial charge in [0, 0.05) is 33.4 Å². The third-order valence-corrected chi connectivity index (χ3v) is 44.1. The number of hydrogen-bond donors (Lipinski definition) is 0. The second-order valence-corrected chi connectivity index (χ2v) is 51.1. The van der Waals surface area contributed by atoms with Gasteiger partial charge < -0.3 is 0 Å². The van der Waals surface area contributed by atoms with Crippen LogP contribution < -0.4 is 62.2 Å². The lowest BCUT2D eigenvalue weighted by atomic mass is 9.98. The Hall–Kier alpha value is -15.2. The van der Waals surface area contributed by atoms with Crippen LogP contribution in [-0.4, -0.2) is 62.2 Å². The summed E-state index contributed by atoms with van der Waals surface area (Å²) in [5.41, 5.74) is 26.3. The van der Waals surface area contributed by atoms with E-state index in [0.29, 0.717) is 34.9 Å². The molecular weight excluding hydrogens is 1610 g/mol. The van der Waals surface area contributed by atoms with Crippen molar-refractivity contribution in [1.29, 1.82) is 0 Å². The molecule has 0 spiro atoms. The first kappa shape index (κ1) is 77.6. The normalized spacial score (nSPS) is 13.7. The molecule has 0 radical (unpaired) electrons. The highest BCUT2D eigenvalue weighted by molar-refractivity contribution is 7.23. The highest BCUT2D eigenvalue weighted by Crippen LogP contribution is 2.42. The van der Waals surface area contributed by atoms with E-state index in [4.69, 9.17) is 29.9 Å². The molecule has 4 aliphatic rings. The minimum atomic E-state index is -2.94. The molecule has 4 aliphatic heterocycles. The summed E-state index contributed by atoms with van der Waals surface area (Å²) < 4.78 is 0. The van der Waals surface area contributed by atoms with Crippen LogP contribution in [0.1, 0.15) is 0 Å². The van der Waals surface area contributed by atoms with E-state index in [1.165, 1.54) is 151 Å². The molecule has 0 saturated heterocycles. The van der Waals surface area contributed by atoms with Gasteiger partial charge in [0.05, 0.1) is 0 Å². The van der Waals surface area contributed by atoms with E-state index in [9.17, 15) is 0 Å². The fourth-order valence-corrected chi connectivity index (χ4v) is 38.4. The summed E-state index contributed by atoms with van der Waals surface area (Å²) >= 11 is 0. The van der Waals surface area contributed by atoms with Gasteiger partial charge in [-0.2, -0.15) is 0 Å². The second-order valence-electron chi connectivity index (χ2n) is 35.0. The average molecular weight is 1700 g/mol. The van der Waals surface area contributed by atoms with Crippen LogP contribution in [0.3, 0.4) is 0 Å². The molecule has 604 valence electrons. The Morgan fingerprint density at radius 3 is 0.852 bits per heavy atom. The molecule has 18 aromatic carbocycles. The molecule has 0 N–H and O–H groups in total. The van der Waals surface area contributed by atoms with Gasteiger partial charge in [-0.05, 0) is 163 Å². The predicted molar refractivity (Wildman–Crippen MR) is 544 cm³/mol. The van der Waals surface area contributed by atoms with Gasteiger partial charge in [-0.15, -0.1) is 0 Å². The third-order valence-electron chi connectivity index (χ3n) is 27.2. The van der Waals surface area contributed by atoms with E-state index in [0.717, 1.165) is 33.4 Å².